The summed E-state index contributed by atoms with van der Waals surface area (Å²) in [5.74, 6) is 2.56. The fourth-order valence-corrected chi connectivity index (χ4v) is 4.55. The average Bonchev–Trinajstić information content (AvgIpc) is 2.38. The zero-order valence-electron chi connectivity index (χ0n) is 11.3. The summed E-state index contributed by atoms with van der Waals surface area (Å²) in [6.07, 6.45) is 5.21. The topological polar surface area (TPSA) is 32.5 Å². The quantitative estimate of drug-likeness (QED) is 0.824. The first kappa shape index (κ1) is 13.7. The van der Waals surface area contributed by atoms with Crippen LogP contribution in [-0.2, 0) is 0 Å². The largest absolute Gasteiger partial charge is 0.329 e. The van der Waals surface area contributed by atoms with E-state index in [4.69, 9.17) is 5.73 Å². The summed E-state index contributed by atoms with van der Waals surface area (Å²) >= 11 is 2.08. The lowest BCUT2D eigenvalue weighted by Crippen LogP contribution is -2.60. The summed E-state index contributed by atoms with van der Waals surface area (Å²) in [6, 6.07) is 0.709. The van der Waals surface area contributed by atoms with Crippen molar-refractivity contribution in [1.29, 1.82) is 0 Å². The second-order valence-corrected chi connectivity index (χ2v) is 6.93. The lowest BCUT2D eigenvalue weighted by Gasteiger charge is -2.49. The average molecular weight is 257 g/mol. The molecule has 2 fully saturated rings. The Labute approximate surface area is 110 Å². The molecule has 4 heteroatoms. The summed E-state index contributed by atoms with van der Waals surface area (Å²) in [5, 5.41) is 0. The number of nitrogens with two attached hydrogens (primary N) is 1. The van der Waals surface area contributed by atoms with E-state index in [2.05, 4.69) is 35.7 Å². The second kappa shape index (κ2) is 5.91. The molecule has 0 radical (unpaired) electrons. The van der Waals surface area contributed by atoms with E-state index in [-0.39, 0.29) is 5.54 Å². The molecule has 3 nitrogen and oxygen atoms in total. The first-order valence-corrected chi connectivity index (χ1v) is 8.03. The molecule has 0 aromatic heterocycles. The molecule has 2 saturated heterocycles. The number of likely N-dealkylation sites (tertiary alicyclic amines) is 1. The van der Waals surface area contributed by atoms with Crippen molar-refractivity contribution >= 4 is 11.8 Å². The minimum absolute atomic E-state index is 0.286. The van der Waals surface area contributed by atoms with Crippen LogP contribution in [0.1, 0.15) is 25.7 Å². The Kier molecular flexibility index (Phi) is 4.75. The van der Waals surface area contributed by atoms with Crippen LogP contribution in [0.2, 0.25) is 0 Å². The van der Waals surface area contributed by atoms with Gasteiger partial charge in [0.15, 0.2) is 0 Å². The van der Waals surface area contributed by atoms with E-state index >= 15 is 0 Å². The highest BCUT2D eigenvalue weighted by Gasteiger charge is 2.38. The van der Waals surface area contributed by atoms with Crippen molar-refractivity contribution in [3.8, 4) is 0 Å². The molecular formula is C13H27N3S. The van der Waals surface area contributed by atoms with Crippen LogP contribution in [0.3, 0.4) is 0 Å². The van der Waals surface area contributed by atoms with Crippen molar-refractivity contribution < 1.29 is 0 Å². The third-order valence-corrected chi connectivity index (χ3v) is 5.68. The van der Waals surface area contributed by atoms with Crippen LogP contribution in [0.4, 0.5) is 0 Å². The molecule has 17 heavy (non-hydrogen) atoms. The molecule has 0 spiro atoms. The molecule has 2 aliphatic heterocycles. The maximum atomic E-state index is 6.12. The lowest BCUT2D eigenvalue weighted by atomic mass is 9.87. The molecule has 0 aromatic carbocycles. The third kappa shape index (κ3) is 2.98. The van der Waals surface area contributed by atoms with E-state index in [0.717, 1.165) is 6.54 Å². The SMILES string of the molecule is CN1CCCC(N(C)C2(CN)CCSCC2)C1. The first-order valence-electron chi connectivity index (χ1n) is 6.87. The van der Waals surface area contributed by atoms with Gasteiger partial charge in [0.05, 0.1) is 0 Å². The predicted molar refractivity (Wildman–Crippen MR) is 76.6 cm³/mol. The summed E-state index contributed by atoms with van der Waals surface area (Å²) in [6.45, 7) is 3.30. The van der Waals surface area contributed by atoms with Crippen LogP contribution < -0.4 is 5.73 Å². The summed E-state index contributed by atoms with van der Waals surface area (Å²) in [7, 11) is 4.55. The van der Waals surface area contributed by atoms with Gasteiger partial charge in [0, 0.05) is 24.7 Å². The molecule has 100 valence electrons. The van der Waals surface area contributed by atoms with Gasteiger partial charge in [-0.2, -0.15) is 11.8 Å². The Bertz CT molecular complexity index is 241. The van der Waals surface area contributed by atoms with Crippen LogP contribution in [0.25, 0.3) is 0 Å². The van der Waals surface area contributed by atoms with Gasteiger partial charge in [-0.3, -0.25) is 4.90 Å². The molecule has 2 rings (SSSR count). The predicted octanol–water partition coefficient (Wildman–Crippen LogP) is 1.24. The highest BCUT2D eigenvalue weighted by Crippen LogP contribution is 2.33. The van der Waals surface area contributed by atoms with Gasteiger partial charge in [0.25, 0.3) is 0 Å². The van der Waals surface area contributed by atoms with Gasteiger partial charge in [-0.1, -0.05) is 0 Å². The number of hydrogen-bond acceptors (Lipinski definition) is 4. The monoisotopic (exact) mass is 257 g/mol. The van der Waals surface area contributed by atoms with E-state index in [1.54, 1.807) is 0 Å². The maximum Gasteiger partial charge on any atom is 0.0347 e. The number of piperidine rings is 1. The molecule has 0 saturated carbocycles. The molecule has 2 aliphatic rings. The van der Waals surface area contributed by atoms with E-state index in [0.29, 0.717) is 6.04 Å². The van der Waals surface area contributed by atoms with Gasteiger partial charge in [0.2, 0.25) is 0 Å². The number of nitrogens with zero attached hydrogens (tertiary/aromatic N) is 2. The molecule has 0 aromatic rings. The van der Waals surface area contributed by atoms with Gasteiger partial charge in [0.1, 0.15) is 0 Å². The van der Waals surface area contributed by atoms with Gasteiger partial charge in [-0.15, -0.1) is 0 Å². The summed E-state index contributed by atoms with van der Waals surface area (Å²) < 4.78 is 0. The van der Waals surface area contributed by atoms with Crippen LogP contribution in [0.5, 0.6) is 0 Å². The summed E-state index contributed by atoms with van der Waals surface area (Å²) in [4.78, 5) is 5.09. The Morgan fingerprint density at radius 3 is 2.71 bits per heavy atom. The molecule has 1 unspecified atom stereocenters. The minimum atomic E-state index is 0.286. The number of likely N-dealkylation sites (N-methyl/N-ethyl adjacent to an activating group) is 2. The Morgan fingerprint density at radius 2 is 2.12 bits per heavy atom. The van der Waals surface area contributed by atoms with Crippen molar-refractivity contribution in [1.82, 2.24) is 9.80 Å². The van der Waals surface area contributed by atoms with Crippen LogP contribution in [0.15, 0.2) is 0 Å². The van der Waals surface area contributed by atoms with Gasteiger partial charge < -0.3 is 10.6 Å². The molecule has 0 bridgehead atoms. The fourth-order valence-electron chi connectivity index (χ4n) is 3.29. The Balaban J connectivity index is 2.02. The molecule has 0 amide bonds. The Hall–Kier alpha value is 0.230. The first-order chi connectivity index (χ1) is 8.18. The second-order valence-electron chi connectivity index (χ2n) is 5.71. The number of thioether (sulfide) groups is 1. The van der Waals surface area contributed by atoms with Crippen molar-refractivity contribution in [3.05, 3.63) is 0 Å². The van der Waals surface area contributed by atoms with E-state index in [1.165, 1.54) is 50.3 Å². The van der Waals surface area contributed by atoms with Gasteiger partial charge in [-0.05, 0) is 57.8 Å². The standard InChI is InChI=1S/C13H27N3S/c1-15-7-3-4-12(10-15)16(2)13(11-14)5-8-17-9-6-13/h12H,3-11,14H2,1-2H3. The molecular weight excluding hydrogens is 230 g/mol. The van der Waals surface area contributed by atoms with E-state index in [1.807, 2.05) is 0 Å². The van der Waals surface area contributed by atoms with Crippen molar-refractivity contribution in [2.24, 2.45) is 5.73 Å². The fraction of sp³-hybridized carbons (Fsp3) is 1.00. The number of hydrogen-bond donors (Lipinski definition) is 1. The number of rotatable bonds is 3. The highest BCUT2D eigenvalue weighted by molar-refractivity contribution is 7.99. The van der Waals surface area contributed by atoms with Crippen LogP contribution in [0, 0.1) is 0 Å². The zero-order chi connectivity index (χ0) is 12.3. The normalized spacial score (nSPS) is 30.7. The third-order valence-electron chi connectivity index (χ3n) is 4.70. The van der Waals surface area contributed by atoms with Crippen molar-refractivity contribution in [3.63, 3.8) is 0 Å². The van der Waals surface area contributed by atoms with Gasteiger partial charge in [-0.25, -0.2) is 0 Å². The molecule has 2 heterocycles. The highest BCUT2D eigenvalue weighted by atomic mass is 32.2. The summed E-state index contributed by atoms with van der Waals surface area (Å²) in [5.41, 5.74) is 6.40. The minimum Gasteiger partial charge on any atom is -0.329 e. The van der Waals surface area contributed by atoms with Crippen LogP contribution in [-0.4, -0.2) is 66.6 Å². The molecule has 2 N–H and O–H groups in total. The van der Waals surface area contributed by atoms with Crippen molar-refractivity contribution in [2.75, 3.05) is 45.2 Å². The maximum absolute atomic E-state index is 6.12. The molecule has 1 atom stereocenters. The van der Waals surface area contributed by atoms with Crippen LogP contribution >= 0.6 is 11.8 Å². The lowest BCUT2D eigenvalue weighted by molar-refractivity contribution is 0.0325. The van der Waals surface area contributed by atoms with Crippen molar-refractivity contribution in [2.45, 2.75) is 37.3 Å². The Morgan fingerprint density at radius 1 is 1.41 bits per heavy atom. The smallest absolute Gasteiger partial charge is 0.0347 e. The van der Waals surface area contributed by atoms with E-state index < -0.39 is 0 Å². The molecule has 0 aliphatic carbocycles. The van der Waals surface area contributed by atoms with E-state index in [9.17, 15) is 0 Å². The zero-order valence-corrected chi connectivity index (χ0v) is 12.1. The van der Waals surface area contributed by atoms with Gasteiger partial charge >= 0.3 is 0 Å².